The van der Waals surface area contributed by atoms with Gasteiger partial charge in [-0.15, -0.1) is 0 Å². The number of esters is 1. The zero-order valence-corrected chi connectivity index (χ0v) is 31.3. The normalized spacial score (nSPS) is 20.2. The van der Waals surface area contributed by atoms with Crippen molar-refractivity contribution in [3.05, 3.63) is 65.7 Å². The molecule has 280 valence electrons. The number of hydrogen-bond acceptors (Lipinski definition) is 11. The Labute approximate surface area is 300 Å². The molecule has 13 nitrogen and oxygen atoms in total. The van der Waals surface area contributed by atoms with E-state index in [4.69, 9.17) is 33.2 Å². The van der Waals surface area contributed by atoms with Gasteiger partial charge in [-0.05, 0) is 92.0 Å². The number of hydrogen-bond donors (Lipinski definition) is 0. The Balaban J connectivity index is 1.69. The molecule has 0 spiro atoms. The van der Waals surface area contributed by atoms with Crippen molar-refractivity contribution in [1.82, 2.24) is 9.80 Å². The summed E-state index contributed by atoms with van der Waals surface area (Å²) in [5, 5.41) is 0. The molecule has 0 bridgehead atoms. The smallest absolute Gasteiger partial charge is 0.497 e. The lowest BCUT2D eigenvalue weighted by Gasteiger charge is -2.47. The first-order chi connectivity index (χ1) is 23.7. The molecule has 0 unspecified atom stereocenters. The van der Waals surface area contributed by atoms with Gasteiger partial charge < -0.3 is 38.1 Å². The van der Waals surface area contributed by atoms with Crippen LogP contribution in [0.2, 0.25) is 0 Å². The molecule has 2 aliphatic heterocycles. The average molecular weight is 713 g/mol. The summed E-state index contributed by atoms with van der Waals surface area (Å²) < 4.78 is 40.4. The molecule has 2 aromatic rings. The third-order valence-electron chi connectivity index (χ3n) is 7.91. The monoisotopic (exact) mass is 712 g/mol. The first-order valence-electron chi connectivity index (χ1n) is 17.1. The lowest BCUT2D eigenvalue weighted by molar-refractivity contribution is -0.206. The van der Waals surface area contributed by atoms with E-state index in [2.05, 4.69) is 0 Å². The van der Waals surface area contributed by atoms with Gasteiger partial charge in [0.05, 0.1) is 39.4 Å². The van der Waals surface area contributed by atoms with E-state index in [1.54, 1.807) is 81.6 Å². The second-order valence-electron chi connectivity index (χ2n) is 15.8. The molecule has 4 rings (SSSR count). The maximum atomic E-state index is 14.4. The molecular weight excluding hydrogens is 660 g/mol. The van der Waals surface area contributed by atoms with Gasteiger partial charge in [0.1, 0.15) is 22.6 Å². The molecule has 2 saturated heterocycles. The molecule has 13 heteroatoms. The Kier molecular flexibility index (Phi) is 11.8. The molecule has 0 saturated carbocycles. The van der Waals surface area contributed by atoms with Crippen molar-refractivity contribution in [2.45, 2.75) is 116 Å². The second kappa shape index (κ2) is 15.4. The molecule has 2 aromatic carbocycles. The third-order valence-corrected chi connectivity index (χ3v) is 7.91. The highest BCUT2D eigenvalue weighted by Gasteiger charge is 2.58. The number of rotatable bonds is 9. The Bertz CT molecular complexity index is 1520. The largest absolute Gasteiger partial charge is 0.509 e. The average Bonchev–Trinajstić information content (AvgIpc) is 3.30. The van der Waals surface area contributed by atoms with Crippen LogP contribution in [0.15, 0.2) is 54.6 Å². The van der Waals surface area contributed by atoms with Crippen molar-refractivity contribution in [2.24, 2.45) is 0 Å². The van der Waals surface area contributed by atoms with Gasteiger partial charge in [0.15, 0.2) is 12.2 Å². The molecule has 51 heavy (non-hydrogen) atoms. The first kappa shape index (κ1) is 39.3. The Morgan fingerprint density at radius 1 is 0.725 bits per heavy atom. The van der Waals surface area contributed by atoms with Crippen molar-refractivity contribution in [3.63, 3.8) is 0 Å². The minimum absolute atomic E-state index is 0.0555. The summed E-state index contributed by atoms with van der Waals surface area (Å²) >= 11 is 0. The maximum absolute atomic E-state index is 14.4. The summed E-state index contributed by atoms with van der Waals surface area (Å²) in [5.41, 5.74) is -2.44. The van der Waals surface area contributed by atoms with Crippen LogP contribution in [0.25, 0.3) is 0 Å². The molecule has 3 atom stereocenters. The van der Waals surface area contributed by atoms with Gasteiger partial charge in [-0.1, -0.05) is 42.5 Å². The number of benzene rings is 2. The van der Waals surface area contributed by atoms with Crippen molar-refractivity contribution in [1.29, 1.82) is 0 Å². The van der Waals surface area contributed by atoms with Gasteiger partial charge >= 0.3 is 24.3 Å². The maximum Gasteiger partial charge on any atom is 0.509 e. The van der Waals surface area contributed by atoms with Crippen LogP contribution in [0.3, 0.4) is 0 Å². The van der Waals surface area contributed by atoms with Crippen molar-refractivity contribution >= 4 is 24.3 Å². The minimum atomic E-state index is -1.58. The second-order valence-corrected chi connectivity index (χ2v) is 15.8. The highest BCUT2D eigenvalue weighted by Crippen LogP contribution is 2.35. The fraction of sp³-hybridized carbons (Fsp3) is 0.579. The Morgan fingerprint density at radius 3 is 1.84 bits per heavy atom. The van der Waals surface area contributed by atoms with Gasteiger partial charge in [0, 0.05) is 0 Å². The number of ether oxygens (including phenoxy) is 7. The molecule has 2 heterocycles. The predicted molar refractivity (Wildman–Crippen MR) is 186 cm³/mol. The van der Waals surface area contributed by atoms with Crippen LogP contribution in [-0.4, -0.2) is 102 Å². The molecule has 2 amide bonds. The number of nitrogens with zero attached hydrogens (tertiary/aromatic N) is 2. The summed E-state index contributed by atoms with van der Waals surface area (Å²) in [4.78, 5) is 56.8. The van der Waals surface area contributed by atoms with Gasteiger partial charge in [-0.25, -0.2) is 19.2 Å². The van der Waals surface area contributed by atoms with E-state index >= 15 is 0 Å². The third kappa shape index (κ3) is 11.0. The highest BCUT2D eigenvalue weighted by molar-refractivity contribution is 5.85. The number of amides is 2. The fourth-order valence-corrected chi connectivity index (χ4v) is 5.61. The van der Waals surface area contributed by atoms with E-state index in [0.29, 0.717) is 5.75 Å². The van der Waals surface area contributed by atoms with Crippen LogP contribution >= 0.6 is 0 Å². The van der Waals surface area contributed by atoms with Crippen LogP contribution in [0, 0.1) is 0 Å². The van der Waals surface area contributed by atoms with Crippen LogP contribution in [-0.2, 0) is 46.2 Å². The molecule has 2 aliphatic rings. The van der Waals surface area contributed by atoms with Gasteiger partial charge in [-0.3, -0.25) is 4.90 Å². The molecule has 0 radical (unpaired) electrons. The van der Waals surface area contributed by atoms with E-state index in [-0.39, 0.29) is 32.7 Å². The lowest BCUT2D eigenvalue weighted by atomic mass is 9.93. The Hall–Kier alpha value is -4.52. The summed E-state index contributed by atoms with van der Waals surface area (Å²) in [6.45, 7) is 15.2. The van der Waals surface area contributed by atoms with Crippen molar-refractivity contribution in [2.75, 3.05) is 26.7 Å². The zero-order chi connectivity index (χ0) is 37.8. The topological polar surface area (TPSA) is 139 Å². The molecule has 2 fully saturated rings. The summed E-state index contributed by atoms with van der Waals surface area (Å²) in [6.07, 6.45) is -4.36. The molecule has 0 aromatic heterocycles. The fourth-order valence-electron chi connectivity index (χ4n) is 5.61. The first-order valence-corrected chi connectivity index (χ1v) is 17.1. The van der Waals surface area contributed by atoms with Crippen molar-refractivity contribution in [3.8, 4) is 5.75 Å². The quantitative estimate of drug-likeness (QED) is 0.214. The van der Waals surface area contributed by atoms with Gasteiger partial charge in [-0.2, -0.15) is 0 Å². The van der Waals surface area contributed by atoms with Gasteiger partial charge in [0.2, 0.25) is 5.60 Å². The summed E-state index contributed by atoms with van der Waals surface area (Å²) in [6, 6.07) is 15.7. The van der Waals surface area contributed by atoms with Gasteiger partial charge in [0.25, 0.3) is 0 Å². The van der Waals surface area contributed by atoms with Crippen LogP contribution in [0.1, 0.15) is 73.4 Å². The van der Waals surface area contributed by atoms with Crippen LogP contribution in [0.5, 0.6) is 5.75 Å². The number of methoxy groups -OCH3 is 1. The van der Waals surface area contributed by atoms with Crippen LogP contribution < -0.4 is 4.74 Å². The number of carbonyl (C=O) groups excluding carboxylic acids is 4. The van der Waals surface area contributed by atoms with Crippen molar-refractivity contribution < 1.29 is 52.3 Å². The van der Waals surface area contributed by atoms with E-state index in [0.717, 1.165) is 11.1 Å². The highest BCUT2D eigenvalue weighted by atomic mass is 16.7. The minimum Gasteiger partial charge on any atom is -0.497 e. The summed E-state index contributed by atoms with van der Waals surface area (Å²) in [7, 11) is 1.56. The predicted octanol–water partition coefficient (Wildman–Crippen LogP) is 6.30. The summed E-state index contributed by atoms with van der Waals surface area (Å²) in [5.74, 6) is -0.146. The Morgan fingerprint density at radius 2 is 1.29 bits per heavy atom. The standard InChI is InChI=1S/C38H52N2O11/c1-35(2,3)49-32(42)39-23-38(24-39,46-22-26-14-12-11-13-15-26)31(41)48-30-28(20-25-16-18-27(45-10)19-17-25)40(33(43)50-36(4,5)6)21-29(30)47-34(44)51-37(7,8)9/h11-19,28-30H,20-24H2,1-10H3/t28-,29+,30+/m1/s1. The number of likely N-dealkylation sites (tertiary alicyclic amines) is 2. The van der Waals surface area contributed by atoms with E-state index in [1.807, 2.05) is 42.5 Å². The number of carbonyl (C=O) groups is 4. The van der Waals surface area contributed by atoms with E-state index in [1.165, 1.54) is 9.80 Å². The lowest BCUT2D eigenvalue weighted by Crippen LogP contribution is -2.70. The zero-order valence-electron chi connectivity index (χ0n) is 31.3. The molecule has 0 aliphatic carbocycles. The molecule has 0 N–H and O–H groups in total. The van der Waals surface area contributed by atoms with Crippen LogP contribution in [0.4, 0.5) is 14.4 Å². The SMILES string of the molecule is COc1ccc(C[C@@H]2[C@H](OC(=O)C3(OCc4ccccc4)CN(C(=O)OC(C)(C)C)C3)[C@@H](OC(=O)OC(C)(C)C)CN2C(=O)OC(C)(C)C)cc1. The van der Waals surface area contributed by atoms with E-state index < -0.39 is 65.0 Å². The van der Waals surface area contributed by atoms with E-state index in [9.17, 15) is 19.2 Å². The molecular formula is C38H52N2O11.